The first kappa shape index (κ1) is 20.7. The van der Waals surface area contributed by atoms with Crippen molar-refractivity contribution in [3.05, 3.63) is 82.2 Å². The quantitative estimate of drug-likeness (QED) is 0.447. The van der Waals surface area contributed by atoms with Gasteiger partial charge in [-0.3, -0.25) is 9.59 Å². The van der Waals surface area contributed by atoms with Crippen LogP contribution in [0.15, 0.2) is 69.4 Å². The van der Waals surface area contributed by atoms with Gasteiger partial charge in [-0.05, 0) is 68.1 Å². The highest BCUT2D eigenvalue weighted by Gasteiger charge is 2.08. The Balaban J connectivity index is 1.35. The molecular formula is C23H21N5O2S. The van der Waals surface area contributed by atoms with Gasteiger partial charge in [0.05, 0.1) is 10.9 Å². The highest BCUT2D eigenvalue weighted by atomic mass is 32.2. The first-order chi connectivity index (χ1) is 15.0. The third-order valence-electron chi connectivity index (χ3n) is 4.56. The van der Waals surface area contributed by atoms with E-state index >= 15 is 0 Å². The normalized spacial score (nSPS) is 10.9. The van der Waals surface area contributed by atoms with Crippen molar-refractivity contribution in [1.82, 2.24) is 19.9 Å². The van der Waals surface area contributed by atoms with Gasteiger partial charge in [-0.25, -0.2) is 15.0 Å². The lowest BCUT2D eigenvalue weighted by atomic mass is 10.2. The smallest absolute Gasteiger partial charge is 0.258 e. The molecule has 0 spiro atoms. The summed E-state index contributed by atoms with van der Waals surface area (Å²) in [7, 11) is 0. The van der Waals surface area contributed by atoms with Crippen LogP contribution in [0.5, 0.6) is 0 Å². The summed E-state index contributed by atoms with van der Waals surface area (Å²) < 4.78 is 0. The Kier molecular flexibility index (Phi) is 6.08. The predicted molar refractivity (Wildman–Crippen MR) is 121 cm³/mol. The molecule has 1 amide bonds. The van der Waals surface area contributed by atoms with Gasteiger partial charge in [0.1, 0.15) is 5.82 Å². The van der Waals surface area contributed by atoms with E-state index in [0.717, 1.165) is 16.3 Å². The second-order valence-electron chi connectivity index (χ2n) is 7.14. The molecule has 2 aromatic heterocycles. The number of aromatic amines is 1. The van der Waals surface area contributed by atoms with E-state index in [1.165, 1.54) is 11.8 Å². The van der Waals surface area contributed by atoms with Gasteiger partial charge < -0.3 is 10.3 Å². The van der Waals surface area contributed by atoms with Gasteiger partial charge in [0.15, 0.2) is 5.16 Å². The van der Waals surface area contributed by atoms with Crippen LogP contribution in [-0.2, 0) is 11.2 Å². The third kappa shape index (κ3) is 5.35. The lowest BCUT2D eigenvalue weighted by Gasteiger charge is -2.07. The van der Waals surface area contributed by atoms with Crippen molar-refractivity contribution in [2.75, 3.05) is 5.32 Å². The molecule has 0 saturated heterocycles. The van der Waals surface area contributed by atoms with Gasteiger partial charge in [-0.2, -0.15) is 0 Å². The maximum atomic E-state index is 12.3. The molecule has 2 heterocycles. The highest BCUT2D eigenvalue weighted by molar-refractivity contribution is 7.99. The number of aromatic nitrogens is 4. The van der Waals surface area contributed by atoms with Gasteiger partial charge >= 0.3 is 0 Å². The van der Waals surface area contributed by atoms with E-state index in [1.807, 2.05) is 50.2 Å². The summed E-state index contributed by atoms with van der Waals surface area (Å²) in [6, 6.07) is 16.6. The molecule has 8 heteroatoms. The molecule has 0 unspecified atom stereocenters. The van der Waals surface area contributed by atoms with Crippen molar-refractivity contribution in [2.45, 2.75) is 36.7 Å². The van der Waals surface area contributed by atoms with Crippen molar-refractivity contribution in [3.8, 4) is 0 Å². The number of H-pyrrole nitrogens is 1. The first-order valence-corrected chi connectivity index (χ1v) is 10.7. The van der Waals surface area contributed by atoms with Crippen molar-refractivity contribution in [3.63, 3.8) is 0 Å². The van der Waals surface area contributed by atoms with Crippen molar-refractivity contribution in [2.24, 2.45) is 0 Å². The van der Waals surface area contributed by atoms with Crippen LogP contribution in [0.25, 0.3) is 10.9 Å². The number of rotatable bonds is 6. The number of anilines is 1. The van der Waals surface area contributed by atoms with Crippen molar-refractivity contribution < 1.29 is 4.79 Å². The van der Waals surface area contributed by atoms with E-state index in [0.29, 0.717) is 34.0 Å². The van der Waals surface area contributed by atoms with Crippen LogP contribution in [0.4, 0.5) is 5.69 Å². The largest absolute Gasteiger partial charge is 0.326 e. The number of benzene rings is 2. The molecule has 31 heavy (non-hydrogen) atoms. The van der Waals surface area contributed by atoms with Gasteiger partial charge in [0.25, 0.3) is 5.56 Å². The Morgan fingerprint density at radius 1 is 1.00 bits per heavy atom. The zero-order valence-corrected chi connectivity index (χ0v) is 18.0. The molecule has 0 saturated carbocycles. The number of para-hydroxylation sites is 1. The molecule has 0 fully saturated rings. The lowest BCUT2D eigenvalue weighted by molar-refractivity contribution is -0.116. The molecular weight excluding hydrogens is 410 g/mol. The molecule has 0 bridgehead atoms. The second kappa shape index (κ2) is 9.09. The molecule has 2 aromatic carbocycles. The fourth-order valence-corrected chi connectivity index (χ4v) is 4.02. The molecule has 0 atom stereocenters. The minimum Gasteiger partial charge on any atom is -0.326 e. The number of aryl methyl sites for hydroxylation is 3. The van der Waals surface area contributed by atoms with Crippen molar-refractivity contribution in [1.29, 1.82) is 0 Å². The van der Waals surface area contributed by atoms with Crippen LogP contribution in [0.1, 0.15) is 23.6 Å². The molecule has 2 N–H and O–H groups in total. The fourth-order valence-electron chi connectivity index (χ4n) is 3.16. The van der Waals surface area contributed by atoms with E-state index in [-0.39, 0.29) is 17.9 Å². The zero-order valence-electron chi connectivity index (χ0n) is 17.2. The maximum absolute atomic E-state index is 12.3. The fraction of sp³-hybridized carbons (Fsp3) is 0.174. The number of nitrogens with zero attached hydrogens (tertiary/aromatic N) is 3. The average Bonchev–Trinajstić information content (AvgIpc) is 2.73. The Hall–Kier alpha value is -3.52. The summed E-state index contributed by atoms with van der Waals surface area (Å²) in [6.07, 6.45) is 0.568. The Bertz CT molecular complexity index is 1280. The Labute approximate surface area is 183 Å². The van der Waals surface area contributed by atoms with E-state index in [9.17, 15) is 9.59 Å². The Morgan fingerprint density at radius 2 is 1.71 bits per heavy atom. The van der Waals surface area contributed by atoms with Crippen LogP contribution < -0.4 is 10.9 Å². The van der Waals surface area contributed by atoms with Gasteiger partial charge in [0, 0.05) is 34.8 Å². The van der Waals surface area contributed by atoms with Gasteiger partial charge in [-0.15, -0.1) is 0 Å². The number of nitrogens with one attached hydrogen (secondary N) is 2. The zero-order chi connectivity index (χ0) is 21.8. The summed E-state index contributed by atoms with van der Waals surface area (Å²) in [5.74, 6) is 0.355. The van der Waals surface area contributed by atoms with E-state index < -0.39 is 0 Å². The molecule has 0 aliphatic rings. The van der Waals surface area contributed by atoms with E-state index in [2.05, 4.69) is 25.3 Å². The average molecular weight is 432 g/mol. The molecule has 0 aliphatic heterocycles. The summed E-state index contributed by atoms with van der Waals surface area (Å²) in [6.45, 7) is 3.89. The minimum atomic E-state index is -0.193. The summed E-state index contributed by atoms with van der Waals surface area (Å²) in [5.41, 5.74) is 3.00. The molecule has 4 rings (SSSR count). The number of hydrogen-bond acceptors (Lipinski definition) is 6. The lowest BCUT2D eigenvalue weighted by Crippen LogP contribution is -2.16. The van der Waals surface area contributed by atoms with Gasteiger partial charge in [0.2, 0.25) is 5.91 Å². The van der Waals surface area contributed by atoms with Crippen LogP contribution in [0, 0.1) is 13.8 Å². The number of carbonyl (C=O) groups is 1. The SMILES string of the molecule is Cc1cc(C)nc(Sc2ccc(NC(=O)CCc3nc4ccccc4c(=O)[nH]3)cc2)n1. The van der Waals surface area contributed by atoms with Gasteiger partial charge in [-0.1, -0.05) is 12.1 Å². The summed E-state index contributed by atoms with van der Waals surface area (Å²) >= 11 is 1.48. The number of amides is 1. The third-order valence-corrected chi connectivity index (χ3v) is 5.43. The standard InChI is InChI=1S/C23H21N5O2S/c1-14-13-15(2)25-23(24-14)31-17-9-7-16(8-10-17)26-21(29)12-11-20-27-19-6-4-3-5-18(19)22(30)28-20/h3-10,13H,11-12H2,1-2H3,(H,26,29)(H,27,28,30). The predicted octanol–water partition coefficient (Wildman–Crippen LogP) is 4.05. The van der Waals surface area contributed by atoms with Crippen LogP contribution >= 0.6 is 11.8 Å². The van der Waals surface area contributed by atoms with Crippen LogP contribution in [-0.4, -0.2) is 25.8 Å². The molecule has 0 aliphatic carbocycles. The molecule has 156 valence electrons. The second-order valence-corrected chi connectivity index (χ2v) is 8.18. The highest BCUT2D eigenvalue weighted by Crippen LogP contribution is 2.26. The van der Waals surface area contributed by atoms with Crippen LogP contribution in [0.3, 0.4) is 0 Å². The topological polar surface area (TPSA) is 101 Å². The summed E-state index contributed by atoms with van der Waals surface area (Å²) in [5, 5.41) is 4.12. The monoisotopic (exact) mass is 431 g/mol. The number of hydrogen-bond donors (Lipinski definition) is 2. The molecule has 0 radical (unpaired) electrons. The van der Waals surface area contributed by atoms with Crippen molar-refractivity contribution >= 4 is 34.3 Å². The van der Waals surface area contributed by atoms with E-state index in [1.54, 1.807) is 18.2 Å². The summed E-state index contributed by atoms with van der Waals surface area (Å²) in [4.78, 5) is 41.5. The Morgan fingerprint density at radius 3 is 2.45 bits per heavy atom. The molecule has 4 aromatic rings. The number of carbonyl (C=O) groups excluding carboxylic acids is 1. The van der Waals surface area contributed by atoms with Crippen LogP contribution in [0.2, 0.25) is 0 Å². The van der Waals surface area contributed by atoms with E-state index in [4.69, 9.17) is 0 Å². The number of fused-ring (bicyclic) bond motifs is 1. The molecule has 7 nitrogen and oxygen atoms in total. The minimum absolute atomic E-state index is 0.145. The maximum Gasteiger partial charge on any atom is 0.258 e. The first-order valence-electron chi connectivity index (χ1n) is 9.84.